The molecule has 4 unspecified atom stereocenters. The second-order valence-corrected chi connectivity index (χ2v) is 5.24. The molecular weight excluding hydrogens is 190 g/mol. The first-order valence-corrected chi connectivity index (χ1v) is 6.07. The van der Waals surface area contributed by atoms with Crippen LogP contribution in [-0.4, -0.2) is 34.6 Å². The number of amides is 1. The van der Waals surface area contributed by atoms with Crippen molar-refractivity contribution in [3.8, 4) is 0 Å². The first-order valence-electron chi connectivity index (χ1n) is 6.07. The zero-order valence-corrected chi connectivity index (χ0v) is 9.65. The molecule has 1 aliphatic heterocycles. The van der Waals surface area contributed by atoms with Crippen LogP contribution in [0.3, 0.4) is 0 Å². The minimum Gasteiger partial charge on any atom is -0.391 e. The molecule has 15 heavy (non-hydrogen) atoms. The van der Waals surface area contributed by atoms with Crippen molar-refractivity contribution in [2.24, 2.45) is 11.8 Å². The number of carbonyl (C=O) groups excluding carboxylic acids is 1. The van der Waals surface area contributed by atoms with Gasteiger partial charge in [0.15, 0.2) is 0 Å². The lowest BCUT2D eigenvalue weighted by molar-refractivity contribution is -0.131. The molecule has 0 spiro atoms. The number of hydrogen-bond donors (Lipinski definition) is 1. The molecule has 1 amide bonds. The van der Waals surface area contributed by atoms with E-state index in [1.807, 2.05) is 4.90 Å². The normalized spacial score (nSPS) is 42.3. The van der Waals surface area contributed by atoms with E-state index in [4.69, 9.17) is 0 Å². The molecule has 0 bridgehead atoms. The predicted molar refractivity (Wildman–Crippen MR) is 58.3 cm³/mol. The largest absolute Gasteiger partial charge is 0.391 e. The van der Waals surface area contributed by atoms with E-state index in [0.29, 0.717) is 30.8 Å². The molecule has 0 aromatic rings. The van der Waals surface area contributed by atoms with Gasteiger partial charge < -0.3 is 10.0 Å². The number of hydrogen-bond acceptors (Lipinski definition) is 2. The maximum atomic E-state index is 11.7. The van der Waals surface area contributed by atoms with E-state index in [1.165, 1.54) is 12.8 Å². The van der Waals surface area contributed by atoms with Crippen molar-refractivity contribution in [2.45, 2.75) is 51.7 Å². The van der Waals surface area contributed by atoms with Gasteiger partial charge in [0.25, 0.3) is 0 Å². The van der Waals surface area contributed by atoms with Crippen LogP contribution in [0.4, 0.5) is 0 Å². The first kappa shape index (κ1) is 10.9. The molecule has 0 aromatic carbocycles. The second-order valence-electron chi connectivity index (χ2n) is 5.24. The summed E-state index contributed by atoms with van der Waals surface area (Å²) in [6.45, 7) is 5.07. The third-order valence-electron chi connectivity index (χ3n) is 4.20. The summed E-state index contributed by atoms with van der Waals surface area (Å²) < 4.78 is 0. The van der Waals surface area contributed by atoms with E-state index in [9.17, 15) is 9.90 Å². The van der Waals surface area contributed by atoms with Crippen molar-refractivity contribution in [2.75, 3.05) is 6.54 Å². The molecule has 3 nitrogen and oxygen atoms in total. The number of aliphatic hydroxyl groups excluding tert-OH is 1. The molecule has 1 saturated carbocycles. The minimum atomic E-state index is -0.429. The van der Waals surface area contributed by atoms with Crippen molar-refractivity contribution < 1.29 is 9.90 Å². The van der Waals surface area contributed by atoms with Gasteiger partial charge in [0.1, 0.15) is 0 Å². The van der Waals surface area contributed by atoms with Crippen molar-refractivity contribution in [1.82, 2.24) is 4.90 Å². The third kappa shape index (κ3) is 2.03. The molecule has 1 saturated heterocycles. The molecule has 4 atom stereocenters. The molecule has 86 valence electrons. The molecule has 3 heteroatoms. The summed E-state index contributed by atoms with van der Waals surface area (Å²) in [4.78, 5) is 13.6. The number of β-amino-alcohol motifs (C(OH)–C–C–N with tert-alkyl or cyclic N) is 1. The highest BCUT2D eigenvalue weighted by Gasteiger charge is 2.38. The summed E-state index contributed by atoms with van der Waals surface area (Å²) in [5.41, 5.74) is 0. The average molecular weight is 211 g/mol. The summed E-state index contributed by atoms with van der Waals surface area (Å²) in [5.74, 6) is 1.43. The summed E-state index contributed by atoms with van der Waals surface area (Å²) >= 11 is 0. The maximum Gasteiger partial charge on any atom is 0.225 e. The highest BCUT2D eigenvalue weighted by atomic mass is 16.3. The average Bonchev–Trinajstić information content (AvgIpc) is 2.50. The van der Waals surface area contributed by atoms with Gasteiger partial charge >= 0.3 is 0 Å². The summed E-state index contributed by atoms with van der Waals surface area (Å²) in [6.07, 6.45) is 3.52. The highest BCUT2D eigenvalue weighted by Crippen LogP contribution is 2.34. The van der Waals surface area contributed by atoms with Crippen molar-refractivity contribution in [3.63, 3.8) is 0 Å². The van der Waals surface area contributed by atoms with E-state index in [2.05, 4.69) is 13.8 Å². The first-order chi connectivity index (χ1) is 7.09. The Morgan fingerprint density at radius 3 is 2.67 bits per heavy atom. The van der Waals surface area contributed by atoms with Crippen LogP contribution in [-0.2, 0) is 4.79 Å². The summed E-state index contributed by atoms with van der Waals surface area (Å²) in [6, 6.07) is 0.374. The Labute approximate surface area is 91.5 Å². The van der Waals surface area contributed by atoms with Gasteiger partial charge in [-0.05, 0) is 18.3 Å². The quantitative estimate of drug-likeness (QED) is 0.712. The molecule has 1 heterocycles. The van der Waals surface area contributed by atoms with Crippen LogP contribution in [0.15, 0.2) is 0 Å². The lowest BCUT2D eigenvalue weighted by Crippen LogP contribution is -2.45. The maximum absolute atomic E-state index is 11.7. The van der Waals surface area contributed by atoms with E-state index in [-0.39, 0.29) is 5.91 Å². The Hall–Kier alpha value is -0.570. The zero-order valence-electron chi connectivity index (χ0n) is 9.65. The van der Waals surface area contributed by atoms with Gasteiger partial charge in [-0.1, -0.05) is 26.7 Å². The molecule has 2 rings (SSSR count). The molecule has 1 aliphatic carbocycles. The number of likely N-dealkylation sites (tertiary alicyclic amines) is 1. The molecule has 2 fully saturated rings. The lowest BCUT2D eigenvalue weighted by Gasteiger charge is -2.39. The van der Waals surface area contributed by atoms with Gasteiger partial charge in [-0.2, -0.15) is 0 Å². The van der Waals surface area contributed by atoms with Crippen LogP contribution in [0.5, 0.6) is 0 Å². The number of aliphatic hydroxyl groups is 1. The Bertz CT molecular complexity index is 254. The smallest absolute Gasteiger partial charge is 0.225 e. The third-order valence-corrected chi connectivity index (χ3v) is 4.20. The zero-order chi connectivity index (χ0) is 11.0. The monoisotopic (exact) mass is 211 g/mol. The standard InChI is InChI=1S/C12H21NO2/c1-8-4-3-5-11(9(8)2)13-7-10(14)6-12(13)15/h8-11,14H,3-7H2,1-2H3. The molecule has 0 radical (unpaired) electrons. The van der Waals surface area contributed by atoms with Crippen LogP contribution in [0, 0.1) is 11.8 Å². The fourth-order valence-corrected chi connectivity index (χ4v) is 3.03. The van der Waals surface area contributed by atoms with Crippen LogP contribution in [0.2, 0.25) is 0 Å². The topological polar surface area (TPSA) is 40.5 Å². The van der Waals surface area contributed by atoms with Crippen molar-refractivity contribution >= 4 is 5.91 Å². The Balaban J connectivity index is 2.06. The fourth-order valence-electron chi connectivity index (χ4n) is 3.03. The van der Waals surface area contributed by atoms with Gasteiger partial charge in [-0.25, -0.2) is 0 Å². The molecular formula is C12H21NO2. The lowest BCUT2D eigenvalue weighted by atomic mass is 9.77. The van der Waals surface area contributed by atoms with Gasteiger partial charge in [0.2, 0.25) is 5.91 Å². The van der Waals surface area contributed by atoms with E-state index in [1.54, 1.807) is 0 Å². The minimum absolute atomic E-state index is 0.147. The van der Waals surface area contributed by atoms with Crippen LogP contribution < -0.4 is 0 Å². The molecule has 0 aromatic heterocycles. The van der Waals surface area contributed by atoms with Gasteiger partial charge in [0, 0.05) is 12.6 Å². The van der Waals surface area contributed by atoms with E-state index < -0.39 is 6.10 Å². The SMILES string of the molecule is CC1CCCC(N2CC(O)CC2=O)C1C. The molecule has 2 aliphatic rings. The summed E-state index contributed by atoms with van der Waals surface area (Å²) in [5, 5.41) is 9.49. The van der Waals surface area contributed by atoms with E-state index >= 15 is 0 Å². The van der Waals surface area contributed by atoms with Crippen LogP contribution in [0.1, 0.15) is 39.5 Å². The highest BCUT2D eigenvalue weighted by molar-refractivity contribution is 5.79. The predicted octanol–water partition coefficient (Wildman–Crippen LogP) is 1.40. The second kappa shape index (κ2) is 4.12. The number of carbonyl (C=O) groups is 1. The van der Waals surface area contributed by atoms with Gasteiger partial charge in [-0.3, -0.25) is 4.79 Å². The number of nitrogens with zero attached hydrogens (tertiary/aromatic N) is 1. The van der Waals surface area contributed by atoms with Crippen molar-refractivity contribution in [3.05, 3.63) is 0 Å². The Morgan fingerprint density at radius 2 is 2.07 bits per heavy atom. The van der Waals surface area contributed by atoms with Crippen LogP contribution >= 0.6 is 0 Å². The fraction of sp³-hybridized carbons (Fsp3) is 0.917. The van der Waals surface area contributed by atoms with Crippen LogP contribution in [0.25, 0.3) is 0 Å². The Morgan fingerprint density at radius 1 is 1.33 bits per heavy atom. The van der Waals surface area contributed by atoms with E-state index in [0.717, 1.165) is 6.42 Å². The number of rotatable bonds is 1. The van der Waals surface area contributed by atoms with Crippen molar-refractivity contribution in [1.29, 1.82) is 0 Å². The Kier molecular flexibility index (Phi) is 3.01. The summed E-state index contributed by atoms with van der Waals surface area (Å²) in [7, 11) is 0. The van der Waals surface area contributed by atoms with Gasteiger partial charge in [-0.15, -0.1) is 0 Å². The van der Waals surface area contributed by atoms with Gasteiger partial charge in [0.05, 0.1) is 12.5 Å². The molecule has 1 N–H and O–H groups in total.